The van der Waals surface area contributed by atoms with E-state index in [0.29, 0.717) is 31.7 Å². The smallest absolute Gasteiger partial charge is 0.410 e. The number of carbonyl (C=O) groups excluding carboxylic acids is 3. The summed E-state index contributed by atoms with van der Waals surface area (Å²) in [4.78, 5) is 49.4. The van der Waals surface area contributed by atoms with Crippen LogP contribution < -0.4 is 0 Å². The third-order valence-corrected chi connectivity index (χ3v) is 7.26. The van der Waals surface area contributed by atoms with Crippen LogP contribution >= 0.6 is 0 Å². The number of amides is 3. The van der Waals surface area contributed by atoms with Crippen LogP contribution in [0.3, 0.4) is 0 Å². The van der Waals surface area contributed by atoms with Crippen molar-refractivity contribution in [1.29, 1.82) is 0 Å². The minimum atomic E-state index is -0.714. The number of piperidine rings is 1. The first-order valence-electron chi connectivity index (χ1n) is 15.0. The van der Waals surface area contributed by atoms with Crippen LogP contribution in [0.1, 0.15) is 70.1 Å². The molecule has 1 aromatic heterocycles. The summed E-state index contributed by atoms with van der Waals surface area (Å²) in [6, 6.07) is 9.15. The normalized spacial score (nSPS) is 17.2. The zero-order valence-electron chi connectivity index (χ0n) is 26.9. The molecular formula is C31H48N6O6. The van der Waals surface area contributed by atoms with E-state index in [9.17, 15) is 14.4 Å². The largest absolute Gasteiger partial charge is 0.444 e. The lowest BCUT2D eigenvalue weighted by atomic mass is 9.91. The Labute approximate surface area is 255 Å². The number of aromatic nitrogens is 3. The number of ether oxygens (including phenoxy) is 2. The molecule has 1 unspecified atom stereocenters. The van der Waals surface area contributed by atoms with Gasteiger partial charge in [0.2, 0.25) is 0 Å². The van der Waals surface area contributed by atoms with Gasteiger partial charge in [-0.1, -0.05) is 37.3 Å². The number of carbonyl (C=O) groups is 3. The van der Waals surface area contributed by atoms with Gasteiger partial charge in [-0.25, -0.2) is 14.5 Å². The standard InChI is InChI=1S/C31H48N6O6/c1-22(2)19-36(25-18-23(28(38)34(6)42-8)20-35(21-25)30(40)43-31(3,4)5)29(39)27-26(16-12-13-17-41-7)37(33-32-27)24-14-10-9-11-15-24/h9-11,14-15,22-23,25H,12-13,16-21H2,1-8H3/t23-,25?/m1/s1. The molecule has 1 saturated heterocycles. The second kappa shape index (κ2) is 15.3. The van der Waals surface area contributed by atoms with E-state index in [4.69, 9.17) is 14.3 Å². The molecule has 1 aromatic carbocycles. The molecular weight excluding hydrogens is 552 g/mol. The number of nitrogens with zero attached hydrogens (tertiary/aromatic N) is 6. The van der Waals surface area contributed by atoms with E-state index in [0.717, 1.165) is 18.5 Å². The Morgan fingerprint density at radius 2 is 1.77 bits per heavy atom. The highest BCUT2D eigenvalue weighted by Gasteiger charge is 2.41. The van der Waals surface area contributed by atoms with Crippen molar-refractivity contribution in [3.8, 4) is 5.69 Å². The maximum atomic E-state index is 14.4. The third kappa shape index (κ3) is 9.24. The van der Waals surface area contributed by atoms with Gasteiger partial charge in [0.25, 0.3) is 11.8 Å². The second-order valence-electron chi connectivity index (χ2n) is 12.4. The number of rotatable bonds is 12. The topological polar surface area (TPSA) is 119 Å². The molecule has 12 nitrogen and oxygen atoms in total. The Morgan fingerprint density at radius 3 is 2.37 bits per heavy atom. The Hall–Kier alpha value is -3.51. The zero-order valence-corrected chi connectivity index (χ0v) is 26.9. The van der Waals surface area contributed by atoms with E-state index in [1.165, 1.54) is 17.1 Å². The first kappa shape index (κ1) is 34.0. The number of benzene rings is 1. The molecule has 2 heterocycles. The van der Waals surface area contributed by atoms with Gasteiger partial charge < -0.3 is 19.3 Å². The van der Waals surface area contributed by atoms with E-state index in [1.807, 2.05) is 44.2 Å². The van der Waals surface area contributed by atoms with E-state index < -0.39 is 23.7 Å². The van der Waals surface area contributed by atoms with Gasteiger partial charge in [0, 0.05) is 40.4 Å². The average Bonchev–Trinajstić information content (AvgIpc) is 3.40. The first-order chi connectivity index (χ1) is 20.4. The second-order valence-corrected chi connectivity index (χ2v) is 12.4. The van der Waals surface area contributed by atoms with E-state index >= 15 is 0 Å². The van der Waals surface area contributed by atoms with Crippen LogP contribution in [0.2, 0.25) is 0 Å². The van der Waals surface area contributed by atoms with Crippen molar-refractivity contribution in [1.82, 2.24) is 29.9 Å². The number of methoxy groups -OCH3 is 1. The van der Waals surface area contributed by atoms with Crippen LogP contribution in [0.15, 0.2) is 30.3 Å². The predicted molar refractivity (Wildman–Crippen MR) is 162 cm³/mol. The quantitative estimate of drug-likeness (QED) is 0.265. The number of likely N-dealkylation sites (tertiary alicyclic amines) is 1. The van der Waals surface area contributed by atoms with Crippen molar-refractivity contribution >= 4 is 17.9 Å². The molecule has 0 bridgehead atoms. The third-order valence-electron chi connectivity index (χ3n) is 7.26. The van der Waals surface area contributed by atoms with Crippen LogP contribution in [-0.4, -0.2) is 107 Å². The maximum absolute atomic E-state index is 14.4. The lowest BCUT2D eigenvalue weighted by Gasteiger charge is -2.43. The van der Waals surface area contributed by atoms with Crippen LogP contribution in [0.25, 0.3) is 5.69 Å². The summed E-state index contributed by atoms with van der Waals surface area (Å²) in [6.45, 7) is 10.9. The number of unbranched alkanes of at least 4 members (excludes halogenated alkanes) is 1. The van der Waals surface area contributed by atoms with Gasteiger partial charge in [0.15, 0.2) is 5.69 Å². The molecule has 0 N–H and O–H groups in total. The van der Waals surface area contributed by atoms with Gasteiger partial charge in [-0.15, -0.1) is 5.10 Å². The Morgan fingerprint density at radius 1 is 1.07 bits per heavy atom. The van der Waals surface area contributed by atoms with Crippen LogP contribution in [0, 0.1) is 11.8 Å². The summed E-state index contributed by atoms with van der Waals surface area (Å²) in [5.74, 6) is -1.02. The summed E-state index contributed by atoms with van der Waals surface area (Å²) in [6.07, 6.45) is 2.02. The molecule has 2 atom stereocenters. The van der Waals surface area contributed by atoms with Crippen LogP contribution in [-0.2, 0) is 25.5 Å². The molecule has 3 rings (SSSR count). The van der Waals surface area contributed by atoms with Crippen LogP contribution in [0.5, 0.6) is 0 Å². The highest BCUT2D eigenvalue weighted by molar-refractivity contribution is 5.94. The number of hydrogen-bond donors (Lipinski definition) is 0. The molecule has 1 aliphatic rings. The summed E-state index contributed by atoms with van der Waals surface area (Å²) in [5.41, 5.74) is 1.09. The SMILES string of the molecule is COCCCCc1c(C(=O)N(CC(C)C)C2C[C@@H](C(=O)N(C)OC)CN(C(=O)OC(C)(C)C)C2)nnn1-c1ccccc1. The molecule has 3 amide bonds. The highest BCUT2D eigenvalue weighted by atomic mass is 16.7. The number of hydrogen-bond acceptors (Lipinski definition) is 8. The maximum Gasteiger partial charge on any atom is 0.410 e. The lowest BCUT2D eigenvalue weighted by Crippen LogP contribution is -2.57. The lowest BCUT2D eigenvalue weighted by molar-refractivity contribution is -0.175. The zero-order chi connectivity index (χ0) is 31.7. The Kier molecular flexibility index (Phi) is 12.1. The first-order valence-corrected chi connectivity index (χ1v) is 15.0. The van der Waals surface area contributed by atoms with Crippen molar-refractivity contribution in [2.75, 3.05) is 47.5 Å². The fraction of sp³-hybridized carbons (Fsp3) is 0.645. The van der Waals surface area contributed by atoms with Crippen molar-refractivity contribution in [3.05, 3.63) is 41.7 Å². The fourth-order valence-electron chi connectivity index (χ4n) is 5.23. The Balaban J connectivity index is 2.01. The monoisotopic (exact) mass is 600 g/mol. The molecule has 0 saturated carbocycles. The van der Waals surface area contributed by atoms with Gasteiger partial charge in [-0.2, -0.15) is 0 Å². The van der Waals surface area contributed by atoms with E-state index in [-0.39, 0.29) is 36.5 Å². The molecule has 12 heteroatoms. The summed E-state index contributed by atoms with van der Waals surface area (Å²) in [5, 5.41) is 9.97. The van der Waals surface area contributed by atoms with Gasteiger partial charge in [0.1, 0.15) is 5.60 Å². The molecule has 43 heavy (non-hydrogen) atoms. The van der Waals surface area contributed by atoms with Crippen molar-refractivity contribution in [3.63, 3.8) is 0 Å². The van der Waals surface area contributed by atoms with E-state index in [2.05, 4.69) is 10.3 Å². The number of hydroxylamine groups is 2. The molecule has 238 valence electrons. The molecule has 1 fully saturated rings. The van der Waals surface area contributed by atoms with Gasteiger partial charge >= 0.3 is 6.09 Å². The molecule has 2 aromatic rings. The summed E-state index contributed by atoms with van der Waals surface area (Å²) < 4.78 is 12.6. The van der Waals surface area contributed by atoms with Crippen LogP contribution in [0.4, 0.5) is 4.79 Å². The summed E-state index contributed by atoms with van der Waals surface area (Å²) in [7, 11) is 4.63. The molecule has 0 spiro atoms. The molecule has 0 radical (unpaired) electrons. The highest BCUT2D eigenvalue weighted by Crippen LogP contribution is 2.27. The average molecular weight is 601 g/mol. The van der Waals surface area contributed by atoms with Crippen molar-refractivity contribution < 1.29 is 28.7 Å². The predicted octanol–water partition coefficient (Wildman–Crippen LogP) is 3.98. The Bertz CT molecular complexity index is 1210. The van der Waals surface area contributed by atoms with Gasteiger partial charge in [-0.3, -0.25) is 14.4 Å². The number of para-hydroxylation sites is 1. The van der Waals surface area contributed by atoms with E-state index in [1.54, 1.807) is 44.5 Å². The summed E-state index contributed by atoms with van der Waals surface area (Å²) >= 11 is 0. The van der Waals surface area contributed by atoms with Crippen molar-refractivity contribution in [2.24, 2.45) is 11.8 Å². The minimum absolute atomic E-state index is 0.117. The van der Waals surface area contributed by atoms with Gasteiger partial charge in [0.05, 0.1) is 30.5 Å². The molecule has 0 aliphatic carbocycles. The fourth-order valence-corrected chi connectivity index (χ4v) is 5.23. The van der Waals surface area contributed by atoms with Gasteiger partial charge in [-0.05, 0) is 64.5 Å². The molecule has 1 aliphatic heterocycles. The minimum Gasteiger partial charge on any atom is -0.444 e. The van der Waals surface area contributed by atoms with Crippen molar-refractivity contribution in [2.45, 2.75) is 71.9 Å².